The summed E-state index contributed by atoms with van der Waals surface area (Å²) < 4.78 is 14.2. The Morgan fingerprint density at radius 1 is 1.35 bits per heavy atom. The predicted octanol–water partition coefficient (Wildman–Crippen LogP) is 2.33. The molecule has 0 atom stereocenters. The fraction of sp³-hybridized carbons (Fsp3) is 0.429. The molecule has 0 saturated carbocycles. The lowest BCUT2D eigenvalue weighted by Crippen LogP contribution is -2.46. The number of halogens is 2. The number of rotatable bonds is 2. The van der Waals surface area contributed by atoms with Gasteiger partial charge >= 0.3 is 0 Å². The molecule has 1 aromatic carbocycles. The quantitative estimate of drug-likeness (QED) is 0.896. The summed E-state index contributed by atoms with van der Waals surface area (Å²) in [5.41, 5.74) is 0.0745. The monoisotopic (exact) mass is 342 g/mol. The summed E-state index contributed by atoms with van der Waals surface area (Å²) in [6.07, 6.45) is 1.38. The summed E-state index contributed by atoms with van der Waals surface area (Å²) in [4.78, 5) is 25.0. The Kier molecular flexibility index (Phi) is 4.75. The van der Waals surface area contributed by atoms with Gasteiger partial charge in [0.05, 0.1) is 5.56 Å². The summed E-state index contributed by atoms with van der Waals surface area (Å²) in [5, 5.41) is 2.84. The molecule has 6 heteroatoms. The highest BCUT2D eigenvalue weighted by molar-refractivity contribution is 9.10. The van der Waals surface area contributed by atoms with Gasteiger partial charge in [0.2, 0.25) is 5.91 Å². The normalized spacial score (nSPS) is 16.1. The molecule has 0 unspecified atom stereocenters. The van der Waals surface area contributed by atoms with Crippen LogP contribution in [0.15, 0.2) is 22.7 Å². The Morgan fingerprint density at radius 3 is 2.55 bits per heavy atom. The summed E-state index contributed by atoms with van der Waals surface area (Å²) in [6, 6.07) is 4.59. The maximum atomic E-state index is 13.8. The van der Waals surface area contributed by atoms with Crippen molar-refractivity contribution in [1.29, 1.82) is 0 Å². The van der Waals surface area contributed by atoms with Gasteiger partial charge in [-0.25, -0.2) is 4.39 Å². The molecule has 0 bridgehead atoms. The zero-order chi connectivity index (χ0) is 14.7. The van der Waals surface area contributed by atoms with Gasteiger partial charge in [-0.15, -0.1) is 0 Å². The van der Waals surface area contributed by atoms with E-state index < -0.39 is 5.82 Å². The van der Waals surface area contributed by atoms with E-state index in [-0.39, 0.29) is 23.4 Å². The van der Waals surface area contributed by atoms with Crippen LogP contribution in [-0.4, -0.2) is 35.8 Å². The molecule has 4 nitrogen and oxygen atoms in total. The van der Waals surface area contributed by atoms with Crippen LogP contribution in [0.3, 0.4) is 0 Å². The third-order valence-corrected chi connectivity index (χ3v) is 4.03. The van der Waals surface area contributed by atoms with Crippen molar-refractivity contribution < 1.29 is 14.0 Å². The van der Waals surface area contributed by atoms with Crippen LogP contribution < -0.4 is 5.32 Å². The van der Waals surface area contributed by atoms with Gasteiger partial charge < -0.3 is 10.2 Å². The molecule has 2 rings (SSSR count). The summed E-state index contributed by atoms with van der Waals surface area (Å²) in [7, 11) is 0. The van der Waals surface area contributed by atoms with Gasteiger partial charge in [0.15, 0.2) is 0 Å². The molecule has 0 aliphatic carbocycles. The molecule has 108 valence electrons. The molecule has 1 aromatic rings. The van der Waals surface area contributed by atoms with E-state index in [1.807, 2.05) is 0 Å². The molecule has 1 aliphatic heterocycles. The average Bonchev–Trinajstić information content (AvgIpc) is 2.38. The van der Waals surface area contributed by atoms with Crippen LogP contribution in [0.1, 0.15) is 30.1 Å². The second-order valence-electron chi connectivity index (χ2n) is 4.86. The minimum Gasteiger partial charge on any atom is -0.353 e. The number of hydrogen-bond acceptors (Lipinski definition) is 2. The molecular formula is C14H16BrFN2O2. The Hall–Kier alpha value is -1.43. The molecule has 1 heterocycles. The lowest BCUT2D eigenvalue weighted by atomic mass is 10.0. The molecule has 1 N–H and O–H groups in total. The Labute approximate surface area is 125 Å². The third-order valence-electron chi connectivity index (χ3n) is 3.37. The van der Waals surface area contributed by atoms with Gasteiger partial charge in [-0.05, 0) is 40.9 Å². The molecule has 2 amide bonds. The molecule has 0 radical (unpaired) electrons. The molecule has 1 aliphatic rings. The van der Waals surface area contributed by atoms with Crippen molar-refractivity contribution in [2.24, 2.45) is 0 Å². The molecule has 1 fully saturated rings. The fourth-order valence-corrected chi connectivity index (χ4v) is 2.89. The van der Waals surface area contributed by atoms with E-state index in [1.165, 1.54) is 13.0 Å². The van der Waals surface area contributed by atoms with Gasteiger partial charge in [-0.2, -0.15) is 0 Å². The molecule has 0 spiro atoms. The minimum atomic E-state index is -0.520. The van der Waals surface area contributed by atoms with E-state index >= 15 is 0 Å². The van der Waals surface area contributed by atoms with Crippen LogP contribution >= 0.6 is 15.9 Å². The topological polar surface area (TPSA) is 49.4 Å². The largest absolute Gasteiger partial charge is 0.353 e. The number of likely N-dealkylation sites (tertiary alicyclic amines) is 1. The Bertz CT molecular complexity index is 508. The zero-order valence-corrected chi connectivity index (χ0v) is 12.7. The van der Waals surface area contributed by atoms with Crippen LogP contribution in [0.25, 0.3) is 0 Å². The number of hydrogen-bond donors (Lipinski definition) is 1. The first kappa shape index (κ1) is 15.0. The first-order chi connectivity index (χ1) is 9.49. The summed E-state index contributed by atoms with van der Waals surface area (Å²) in [5.74, 6) is -0.892. The van der Waals surface area contributed by atoms with Crippen molar-refractivity contribution in [3.05, 3.63) is 34.1 Å². The highest BCUT2D eigenvalue weighted by atomic mass is 79.9. The van der Waals surface area contributed by atoms with E-state index in [9.17, 15) is 14.0 Å². The van der Waals surface area contributed by atoms with E-state index in [0.717, 1.165) is 0 Å². The van der Waals surface area contributed by atoms with Gasteiger partial charge in [0.25, 0.3) is 5.91 Å². The number of benzene rings is 1. The first-order valence-corrected chi connectivity index (χ1v) is 7.28. The predicted molar refractivity (Wildman–Crippen MR) is 76.8 cm³/mol. The number of nitrogens with one attached hydrogen (secondary N) is 1. The van der Waals surface area contributed by atoms with Crippen LogP contribution in [-0.2, 0) is 4.79 Å². The number of carbonyl (C=O) groups excluding carboxylic acids is 2. The van der Waals surface area contributed by atoms with Crippen molar-refractivity contribution in [2.75, 3.05) is 13.1 Å². The fourth-order valence-electron chi connectivity index (χ4n) is 2.37. The first-order valence-electron chi connectivity index (χ1n) is 6.49. The molecular weight excluding hydrogens is 327 g/mol. The zero-order valence-electron chi connectivity index (χ0n) is 11.2. The van der Waals surface area contributed by atoms with Crippen molar-refractivity contribution in [1.82, 2.24) is 10.2 Å². The second kappa shape index (κ2) is 6.35. The van der Waals surface area contributed by atoms with E-state index in [2.05, 4.69) is 21.2 Å². The van der Waals surface area contributed by atoms with Crippen molar-refractivity contribution >= 4 is 27.7 Å². The number of amides is 2. The Morgan fingerprint density at radius 2 is 2.00 bits per heavy atom. The average molecular weight is 343 g/mol. The lowest BCUT2D eigenvalue weighted by Gasteiger charge is -2.32. The molecule has 20 heavy (non-hydrogen) atoms. The van der Waals surface area contributed by atoms with Crippen molar-refractivity contribution in [3.63, 3.8) is 0 Å². The highest BCUT2D eigenvalue weighted by Gasteiger charge is 2.26. The smallest absolute Gasteiger partial charge is 0.257 e. The SMILES string of the molecule is CC(=O)NC1CCN(C(=O)c2c(F)cccc2Br)CC1. The van der Waals surface area contributed by atoms with Crippen molar-refractivity contribution in [2.45, 2.75) is 25.8 Å². The maximum absolute atomic E-state index is 13.8. The summed E-state index contributed by atoms with van der Waals surface area (Å²) >= 11 is 3.21. The molecule has 0 aromatic heterocycles. The van der Waals surface area contributed by atoms with Crippen LogP contribution in [0.5, 0.6) is 0 Å². The van der Waals surface area contributed by atoms with Crippen LogP contribution in [0.4, 0.5) is 4.39 Å². The van der Waals surface area contributed by atoms with Gasteiger partial charge in [-0.3, -0.25) is 9.59 Å². The summed E-state index contributed by atoms with van der Waals surface area (Å²) in [6.45, 7) is 2.52. The number of piperidine rings is 1. The second-order valence-corrected chi connectivity index (χ2v) is 5.72. The van der Waals surface area contributed by atoms with Gasteiger partial charge in [-0.1, -0.05) is 6.07 Å². The molecule has 1 saturated heterocycles. The number of nitrogens with zero attached hydrogens (tertiary/aromatic N) is 1. The van der Waals surface area contributed by atoms with E-state index in [0.29, 0.717) is 30.4 Å². The van der Waals surface area contributed by atoms with E-state index in [1.54, 1.807) is 17.0 Å². The van der Waals surface area contributed by atoms with Gasteiger partial charge in [0, 0.05) is 30.5 Å². The lowest BCUT2D eigenvalue weighted by molar-refractivity contribution is -0.119. The van der Waals surface area contributed by atoms with Gasteiger partial charge in [0.1, 0.15) is 5.82 Å². The Balaban J connectivity index is 2.04. The highest BCUT2D eigenvalue weighted by Crippen LogP contribution is 2.23. The standard InChI is InChI=1S/C14H16BrFN2O2/c1-9(19)17-10-5-7-18(8-6-10)14(20)13-11(15)3-2-4-12(13)16/h2-4,10H,5-8H2,1H3,(H,17,19). The minimum absolute atomic E-state index is 0.0633. The maximum Gasteiger partial charge on any atom is 0.257 e. The van der Waals surface area contributed by atoms with Crippen LogP contribution in [0, 0.1) is 5.82 Å². The number of carbonyl (C=O) groups is 2. The third kappa shape index (κ3) is 3.36. The van der Waals surface area contributed by atoms with E-state index in [4.69, 9.17) is 0 Å². The van der Waals surface area contributed by atoms with Crippen molar-refractivity contribution in [3.8, 4) is 0 Å². The van der Waals surface area contributed by atoms with Crippen LogP contribution in [0.2, 0.25) is 0 Å².